The fourth-order valence-corrected chi connectivity index (χ4v) is 2.19. The highest BCUT2D eigenvalue weighted by Gasteiger charge is 2.03. The predicted octanol–water partition coefficient (Wildman–Crippen LogP) is 2.53. The first-order valence-corrected chi connectivity index (χ1v) is 6.08. The lowest BCUT2D eigenvalue weighted by molar-refractivity contribution is -0.118. The molecule has 1 rings (SSSR count). The summed E-state index contributed by atoms with van der Waals surface area (Å²) in [5, 5.41) is 2.79. The Morgan fingerprint density at radius 2 is 2.13 bits per heavy atom. The Balaban J connectivity index is 2.54. The molecule has 0 atom stereocenters. The second kappa shape index (κ2) is 5.81. The van der Waals surface area contributed by atoms with Gasteiger partial charge in [-0.05, 0) is 32.4 Å². The van der Waals surface area contributed by atoms with Crippen LogP contribution in [0, 0.1) is 13.8 Å². The zero-order chi connectivity index (χ0) is 11.3. The summed E-state index contributed by atoms with van der Waals surface area (Å²) in [6.45, 7) is 6.78. The number of hydrogen-bond donors (Lipinski definition) is 1. The zero-order valence-electron chi connectivity index (χ0n) is 9.46. The summed E-state index contributed by atoms with van der Waals surface area (Å²) in [7, 11) is 0. The average molecular weight is 223 g/mol. The molecule has 82 valence electrons. The van der Waals surface area contributed by atoms with E-state index in [1.165, 1.54) is 16.0 Å². The first kappa shape index (κ1) is 12.1. The molecule has 0 radical (unpaired) electrons. The maximum atomic E-state index is 11.3. The van der Waals surface area contributed by atoms with Crippen molar-refractivity contribution in [2.45, 2.75) is 25.7 Å². The molecule has 0 bridgehead atoms. The minimum Gasteiger partial charge on any atom is -0.356 e. The maximum absolute atomic E-state index is 11.3. The monoisotopic (exact) mass is 223 g/mol. The lowest BCUT2D eigenvalue weighted by atomic mass is 10.2. The molecule has 0 heterocycles. The Morgan fingerprint density at radius 1 is 1.40 bits per heavy atom. The van der Waals surface area contributed by atoms with E-state index in [1.807, 2.05) is 6.92 Å². The van der Waals surface area contributed by atoms with E-state index >= 15 is 0 Å². The van der Waals surface area contributed by atoms with Crippen LogP contribution in [0.2, 0.25) is 0 Å². The van der Waals surface area contributed by atoms with Crippen molar-refractivity contribution in [2.24, 2.45) is 0 Å². The first-order valence-electron chi connectivity index (χ1n) is 5.10. The van der Waals surface area contributed by atoms with Crippen molar-refractivity contribution < 1.29 is 4.79 Å². The van der Waals surface area contributed by atoms with Crippen molar-refractivity contribution in [3.8, 4) is 0 Å². The van der Waals surface area contributed by atoms with Crippen LogP contribution in [-0.4, -0.2) is 18.2 Å². The standard InChI is InChI=1S/C12H17NOS/c1-4-13-12(14)8-15-11-6-5-9(2)7-10(11)3/h5-7H,4,8H2,1-3H3,(H,13,14). The smallest absolute Gasteiger partial charge is 0.230 e. The van der Waals surface area contributed by atoms with Gasteiger partial charge in [-0.15, -0.1) is 11.8 Å². The Hall–Kier alpha value is -0.960. The van der Waals surface area contributed by atoms with Crippen molar-refractivity contribution in [3.63, 3.8) is 0 Å². The van der Waals surface area contributed by atoms with Gasteiger partial charge in [-0.1, -0.05) is 17.7 Å². The number of nitrogens with one attached hydrogen (secondary N) is 1. The molecule has 0 saturated carbocycles. The molecule has 0 aromatic heterocycles. The number of carbonyl (C=O) groups excluding carboxylic acids is 1. The molecule has 15 heavy (non-hydrogen) atoms. The molecule has 0 spiro atoms. The van der Waals surface area contributed by atoms with Gasteiger partial charge in [-0.2, -0.15) is 0 Å². The highest BCUT2D eigenvalue weighted by Crippen LogP contribution is 2.22. The van der Waals surface area contributed by atoms with Gasteiger partial charge in [-0.3, -0.25) is 4.79 Å². The number of benzene rings is 1. The minimum atomic E-state index is 0.0995. The van der Waals surface area contributed by atoms with E-state index < -0.39 is 0 Å². The fourth-order valence-electron chi connectivity index (χ4n) is 1.35. The van der Waals surface area contributed by atoms with Crippen LogP contribution in [0.4, 0.5) is 0 Å². The third kappa shape index (κ3) is 3.96. The van der Waals surface area contributed by atoms with Crippen molar-refractivity contribution >= 4 is 17.7 Å². The van der Waals surface area contributed by atoms with Crippen LogP contribution in [0.3, 0.4) is 0 Å². The van der Waals surface area contributed by atoms with E-state index in [-0.39, 0.29) is 5.91 Å². The summed E-state index contributed by atoms with van der Waals surface area (Å²) in [4.78, 5) is 12.4. The SMILES string of the molecule is CCNC(=O)CSc1ccc(C)cc1C. The van der Waals surface area contributed by atoms with Crippen molar-refractivity contribution in [1.82, 2.24) is 5.32 Å². The second-order valence-corrected chi connectivity index (χ2v) is 4.53. The van der Waals surface area contributed by atoms with E-state index in [0.717, 1.165) is 0 Å². The number of amides is 1. The fraction of sp³-hybridized carbons (Fsp3) is 0.417. The average Bonchev–Trinajstić information content (AvgIpc) is 2.17. The van der Waals surface area contributed by atoms with Gasteiger partial charge < -0.3 is 5.32 Å². The highest BCUT2D eigenvalue weighted by atomic mass is 32.2. The van der Waals surface area contributed by atoms with E-state index in [2.05, 4.69) is 37.4 Å². The van der Waals surface area contributed by atoms with Gasteiger partial charge in [0.2, 0.25) is 5.91 Å². The number of rotatable bonds is 4. The van der Waals surface area contributed by atoms with Gasteiger partial charge in [-0.25, -0.2) is 0 Å². The molecular weight excluding hydrogens is 206 g/mol. The quantitative estimate of drug-likeness (QED) is 0.795. The summed E-state index contributed by atoms with van der Waals surface area (Å²) in [5.74, 6) is 0.597. The van der Waals surface area contributed by atoms with Gasteiger partial charge in [0, 0.05) is 11.4 Å². The van der Waals surface area contributed by atoms with Gasteiger partial charge in [0.1, 0.15) is 0 Å². The number of aryl methyl sites for hydroxylation is 2. The van der Waals surface area contributed by atoms with E-state index in [9.17, 15) is 4.79 Å². The molecule has 0 saturated heterocycles. The summed E-state index contributed by atoms with van der Waals surface area (Å²) >= 11 is 1.59. The third-order valence-electron chi connectivity index (χ3n) is 2.06. The van der Waals surface area contributed by atoms with Crippen LogP contribution < -0.4 is 5.32 Å². The minimum absolute atomic E-state index is 0.0995. The normalized spacial score (nSPS) is 10.1. The lowest BCUT2D eigenvalue weighted by Crippen LogP contribution is -2.24. The van der Waals surface area contributed by atoms with Crippen LogP contribution in [0.25, 0.3) is 0 Å². The van der Waals surface area contributed by atoms with Crippen LogP contribution in [0.5, 0.6) is 0 Å². The predicted molar refractivity (Wildman–Crippen MR) is 65.3 cm³/mol. The third-order valence-corrected chi connectivity index (χ3v) is 3.24. The van der Waals surface area contributed by atoms with Crippen LogP contribution >= 0.6 is 11.8 Å². The molecule has 1 aromatic carbocycles. The molecule has 1 aromatic rings. The van der Waals surface area contributed by atoms with E-state index in [4.69, 9.17) is 0 Å². The maximum Gasteiger partial charge on any atom is 0.230 e. The van der Waals surface area contributed by atoms with Crippen LogP contribution in [0.1, 0.15) is 18.1 Å². The number of carbonyl (C=O) groups is 1. The molecule has 1 amide bonds. The van der Waals surface area contributed by atoms with Gasteiger partial charge in [0.25, 0.3) is 0 Å². The molecule has 3 heteroatoms. The van der Waals surface area contributed by atoms with Gasteiger partial charge in [0.15, 0.2) is 0 Å². The Labute approximate surface area is 95.5 Å². The van der Waals surface area contributed by atoms with E-state index in [0.29, 0.717) is 12.3 Å². The van der Waals surface area contributed by atoms with Crippen LogP contribution in [-0.2, 0) is 4.79 Å². The highest BCUT2D eigenvalue weighted by molar-refractivity contribution is 8.00. The van der Waals surface area contributed by atoms with Crippen molar-refractivity contribution in [3.05, 3.63) is 29.3 Å². The second-order valence-electron chi connectivity index (χ2n) is 3.51. The zero-order valence-corrected chi connectivity index (χ0v) is 10.3. The topological polar surface area (TPSA) is 29.1 Å². The molecule has 2 nitrogen and oxygen atoms in total. The summed E-state index contributed by atoms with van der Waals surface area (Å²) in [6, 6.07) is 6.29. The summed E-state index contributed by atoms with van der Waals surface area (Å²) in [6.07, 6.45) is 0. The number of thioether (sulfide) groups is 1. The molecule has 0 aliphatic rings. The molecule has 0 fully saturated rings. The largest absolute Gasteiger partial charge is 0.356 e. The molecular formula is C12H17NOS. The lowest BCUT2D eigenvalue weighted by Gasteiger charge is -2.06. The van der Waals surface area contributed by atoms with Gasteiger partial charge in [0.05, 0.1) is 5.75 Å². The first-order chi connectivity index (χ1) is 7.13. The van der Waals surface area contributed by atoms with Crippen LogP contribution in [0.15, 0.2) is 23.1 Å². The van der Waals surface area contributed by atoms with Gasteiger partial charge >= 0.3 is 0 Å². The Kier molecular flexibility index (Phi) is 4.69. The molecule has 0 aliphatic heterocycles. The Morgan fingerprint density at radius 3 is 2.73 bits per heavy atom. The van der Waals surface area contributed by atoms with Crippen molar-refractivity contribution in [1.29, 1.82) is 0 Å². The van der Waals surface area contributed by atoms with E-state index in [1.54, 1.807) is 11.8 Å². The summed E-state index contributed by atoms with van der Waals surface area (Å²) < 4.78 is 0. The van der Waals surface area contributed by atoms with Crippen molar-refractivity contribution in [2.75, 3.05) is 12.3 Å². The molecule has 0 aliphatic carbocycles. The summed E-state index contributed by atoms with van der Waals surface area (Å²) in [5.41, 5.74) is 2.50. The molecule has 0 unspecified atom stereocenters. The molecule has 1 N–H and O–H groups in total. The number of hydrogen-bond acceptors (Lipinski definition) is 2. The Bertz CT molecular complexity index is 349.